The molecule has 2 aliphatic rings. The highest BCUT2D eigenvalue weighted by atomic mass is 15.1. The van der Waals surface area contributed by atoms with Crippen molar-refractivity contribution in [3.05, 3.63) is 23.8 Å². The van der Waals surface area contributed by atoms with Crippen LogP contribution in [0.2, 0.25) is 0 Å². The van der Waals surface area contributed by atoms with Gasteiger partial charge in [0.15, 0.2) is 0 Å². The summed E-state index contributed by atoms with van der Waals surface area (Å²) in [6.07, 6.45) is 13.4. The first-order chi connectivity index (χ1) is 11.6. The van der Waals surface area contributed by atoms with Crippen LogP contribution in [-0.4, -0.2) is 53.0 Å². The van der Waals surface area contributed by atoms with Gasteiger partial charge in [-0.05, 0) is 65.7 Å². The Kier molecular flexibility index (Phi) is 6.23. The molecule has 1 aromatic rings. The number of rotatable bonds is 5. The Morgan fingerprint density at radius 1 is 1.04 bits per heavy atom. The van der Waals surface area contributed by atoms with Gasteiger partial charge in [0.2, 0.25) is 0 Å². The number of piperidine rings is 1. The van der Waals surface area contributed by atoms with Gasteiger partial charge in [-0.1, -0.05) is 19.3 Å². The van der Waals surface area contributed by atoms with Crippen molar-refractivity contribution in [2.75, 3.05) is 27.2 Å². The van der Waals surface area contributed by atoms with E-state index < -0.39 is 0 Å². The predicted molar refractivity (Wildman–Crippen MR) is 99.0 cm³/mol. The van der Waals surface area contributed by atoms with Crippen LogP contribution in [0.1, 0.15) is 69.2 Å². The van der Waals surface area contributed by atoms with Gasteiger partial charge in [-0.3, -0.25) is 4.90 Å². The molecule has 0 amide bonds. The quantitative estimate of drug-likeness (QED) is 0.824. The minimum Gasteiger partial charge on any atom is -0.306 e. The first kappa shape index (κ1) is 17.8. The molecule has 3 rings (SSSR count). The van der Waals surface area contributed by atoms with Crippen molar-refractivity contribution in [2.24, 2.45) is 5.92 Å². The number of hydrogen-bond acceptors (Lipinski definition) is 4. The molecule has 1 aliphatic carbocycles. The molecule has 1 aliphatic heterocycles. The van der Waals surface area contributed by atoms with Crippen molar-refractivity contribution in [1.82, 2.24) is 19.8 Å². The molecule has 2 fully saturated rings. The van der Waals surface area contributed by atoms with Gasteiger partial charge in [0.05, 0.1) is 0 Å². The fraction of sp³-hybridized carbons (Fsp3) is 0.800. The number of hydrogen-bond donors (Lipinski definition) is 0. The number of nitrogens with zero attached hydrogens (tertiary/aromatic N) is 4. The van der Waals surface area contributed by atoms with E-state index in [1.807, 2.05) is 0 Å². The van der Waals surface area contributed by atoms with Crippen LogP contribution in [0.5, 0.6) is 0 Å². The summed E-state index contributed by atoms with van der Waals surface area (Å²) in [6.45, 7) is 5.77. The van der Waals surface area contributed by atoms with E-state index in [0.717, 1.165) is 18.3 Å². The fourth-order valence-electron chi connectivity index (χ4n) is 4.29. The van der Waals surface area contributed by atoms with Crippen LogP contribution in [0.15, 0.2) is 12.4 Å². The molecule has 4 nitrogen and oxygen atoms in total. The largest absolute Gasteiger partial charge is 0.306 e. The molecule has 1 saturated heterocycles. The van der Waals surface area contributed by atoms with E-state index in [9.17, 15) is 0 Å². The van der Waals surface area contributed by atoms with Crippen molar-refractivity contribution >= 4 is 0 Å². The molecule has 134 valence electrons. The molecule has 0 aromatic carbocycles. The van der Waals surface area contributed by atoms with Crippen LogP contribution in [0.3, 0.4) is 0 Å². The molecular formula is C20H34N4. The third-order valence-corrected chi connectivity index (χ3v) is 6.23. The number of aromatic nitrogens is 2. The first-order valence-corrected chi connectivity index (χ1v) is 9.83. The molecular weight excluding hydrogens is 296 g/mol. The smallest absolute Gasteiger partial charge is 0.131 e. The molecule has 1 saturated carbocycles. The Labute approximate surface area is 147 Å². The summed E-state index contributed by atoms with van der Waals surface area (Å²) in [6, 6.07) is 0.685. The molecule has 0 N–H and O–H groups in total. The molecule has 1 atom stereocenters. The summed E-state index contributed by atoms with van der Waals surface area (Å²) in [7, 11) is 4.39. The van der Waals surface area contributed by atoms with Gasteiger partial charge in [-0.2, -0.15) is 0 Å². The Hall–Kier alpha value is -1.00. The SMILES string of the molecule is C[C@H](C1CCN(Cc2cnc(C3CCCCC3)nc2)CC1)N(C)C. The zero-order valence-electron chi connectivity index (χ0n) is 15.7. The van der Waals surface area contributed by atoms with Gasteiger partial charge >= 0.3 is 0 Å². The second kappa shape index (κ2) is 8.39. The van der Waals surface area contributed by atoms with Crippen molar-refractivity contribution in [1.29, 1.82) is 0 Å². The highest BCUT2D eigenvalue weighted by Crippen LogP contribution is 2.30. The molecule has 1 aromatic heterocycles. The Morgan fingerprint density at radius 2 is 1.67 bits per heavy atom. The van der Waals surface area contributed by atoms with E-state index in [1.165, 1.54) is 63.6 Å². The summed E-state index contributed by atoms with van der Waals surface area (Å²) in [4.78, 5) is 14.3. The third kappa shape index (κ3) is 4.54. The first-order valence-electron chi connectivity index (χ1n) is 9.83. The van der Waals surface area contributed by atoms with E-state index >= 15 is 0 Å². The van der Waals surface area contributed by atoms with Gasteiger partial charge in [-0.15, -0.1) is 0 Å². The van der Waals surface area contributed by atoms with Crippen molar-refractivity contribution in [3.8, 4) is 0 Å². The molecule has 0 bridgehead atoms. The molecule has 0 unspecified atom stereocenters. The zero-order chi connectivity index (χ0) is 16.9. The van der Waals surface area contributed by atoms with Crippen molar-refractivity contribution < 1.29 is 0 Å². The maximum absolute atomic E-state index is 4.69. The van der Waals surface area contributed by atoms with Crippen LogP contribution < -0.4 is 0 Å². The van der Waals surface area contributed by atoms with E-state index in [-0.39, 0.29) is 0 Å². The second-order valence-electron chi connectivity index (χ2n) is 8.10. The standard InChI is InChI=1S/C20H34N4/c1-16(23(2)3)18-9-11-24(12-10-18)15-17-13-21-20(22-14-17)19-7-5-4-6-8-19/h13-14,16,18-19H,4-12,15H2,1-3H3/t16-/m1/s1. The summed E-state index contributed by atoms with van der Waals surface area (Å²) in [5.41, 5.74) is 1.27. The zero-order valence-corrected chi connectivity index (χ0v) is 15.7. The van der Waals surface area contributed by atoms with Crippen molar-refractivity contribution in [3.63, 3.8) is 0 Å². The van der Waals surface area contributed by atoms with Crippen LogP contribution in [0.4, 0.5) is 0 Å². The minimum absolute atomic E-state index is 0.607. The lowest BCUT2D eigenvalue weighted by Crippen LogP contribution is -2.41. The van der Waals surface area contributed by atoms with E-state index in [4.69, 9.17) is 0 Å². The average Bonchev–Trinajstić information content (AvgIpc) is 2.63. The van der Waals surface area contributed by atoms with Gasteiger partial charge in [0.25, 0.3) is 0 Å². The Bertz CT molecular complexity index is 485. The van der Waals surface area contributed by atoms with Crippen molar-refractivity contribution in [2.45, 2.75) is 70.4 Å². The molecule has 24 heavy (non-hydrogen) atoms. The summed E-state index contributed by atoms with van der Waals surface area (Å²) in [5, 5.41) is 0. The van der Waals surface area contributed by atoms with E-state index in [1.54, 1.807) is 0 Å². The average molecular weight is 331 g/mol. The van der Waals surface area contributed by atoms with Crippen LogP contribution >= 0.6 is 0 Å². The lowest BCUT2D eigenvalue weighted by molar-refractivity contribution is 0.121. The molecule has 0 spiro atoms. The highest BCUT2D eigenvalue weighted by Gasteiger charge is 2.25. The van der Waals surface area contributed by atoms with Crippen LogP contribution in [0, 0.1) is 5.92 Å². The van der Waals surface area contributed by atoms with Gasteiger partial charge < -0.3 is 4.90 Å². The lowest BCUT2D eigenvalue weighted by atomic mass is 9.88. The highest BCUT2D eigenvalue weighted by molar-refractivity contribution is 5.08. The normalized spacial score (nSPS) is 22.8. The third-order valence-electron chi connectivity index (χ3n) is 6.23. The Morgan fingerprint density at radius 3 is 2.25 bits per heavy atom. The Balaban J connectivity index is 1.48. The van der Waals surface area contributed by atoms with E-state index in [0.29, 0.717) is 12.0 Å². The lowest BCUT2D eigenvalue weighted by Gasteiger charge is -2.37. The summed E-state index contributed by atoms with van der Waals surface area (Å²) < 4.78 is 0. The summed E-state index contributed by atoms with van der Waals surface area (Å²) in [5.74, 6) is 2.52. The summed E-state index contributed by atoms with van der Waals surface area (Å²) >= 11 is 0. The van der Waals surface area contributed by atoms with Crippen LogP contribution in [-0.2, 0) is 6.54 Å². The number of likely N-dealkylation sites (tertiary alicyclic amines) is 1. The molecule has 2 heterocycles. The van der Waals surface area contributed by atoms with Gasteiger partial charge in [0.1, 0.15) is 5.82 Å². The van der Waals surface area contributed by atoms with Gasteiger partial charge in [-0.25, -0.2) is 9.97 Å². The topological polar surface area (TPSA) is 32.3 Å². The van der Waals surface area contributed by atoms with Crippen LogP contribution in [0.25, 0.3) is 0 Å². The monoisotopic (exact) mass is 330 g/mol. The maximum Gasteiger partial charge on any atom is 0.131 e. The predicted octanol–water partition coefficient (Wildman–Crippen LogP) is 3.69. The molecule has 0 radical (unpaired) electrons. The minimum atomic E-state index is 0.607. The van der Waals surface area contributed by atoms with E-state index in [2.05, 4.69) is 53.2 Å². The maximum atomic E-state index is 4.69. The second-order valence-corrected chi connectivity index (χ2v) is 8.10. The van der Waals surface area contributed by atoms with Gasteiger partial charge in [0, 0.05) is 36.5 Å². The fourth-order valence-corrected chi connectivity index (χ4v) is 4.29. The molecule has 4 heteroatoms.